The minimum absolute atomic E-state index is 0.250. The maximum Gasteiger partial charge on any atom is 0.153 e. The van der Waals surface area contributed by atoms with Crippen LogP contribution in [0.2, 0.25) is 0 Å². The van der Waals surface area contributed by atoms with Gasteiger partial charge in [-0.3, -0.25) is 0 Å². The molecule has 0 saturated heterocycles. The van der Waals surface area contributed by atoms with Crippen molar-refractivity contribution < 1.29 is 8.78 Å². The number of hydrogen-bond acceptors (Lipinski definition) is 2. The minimum atomic E-state index is -0.595. The lowest BCUT2D eigenvalue weighted by Gasteiger charge is -2.03. The Hall–Kier alpha value is -1.49. The van der Waals surface area contributed by atoms with Crippen LogP contribution in [0.1, 0.15) is 18.7 Å². The van der Waals surface area contributed by atoms with Crippen molar-refractivity contribution in [3.63, 3.8) is 0 Å². The quantitative estimate of drug-likeness (QED) is 0.902. The molecule has 1 aromatic heterocycles. The van der Waals surface area contributed by atoms with Crippen molar-refractivity contribution in [2.45, 2.75) is 25.3 Å². The Balaban J connectivity index is 1.87. The fourth-order valence-corrected chi connectivity index (χ4v) is 2.16. The zero-order valence-corrected chi connectivity index (χ0v) is 10.2. The Bertz CT molecular complexity index is 587. The molecular formula is C13H15F2N3. The first-order chi connectivity index (χ1) is 8.65. The summed E-state index contributed by atoms with van der Waals surface area (Å²) in [7, 11) is 1.79. The summed E-state index contributed by atoms with van der Waals surface area (Å²) in [6.07, 6.45) is 3.20. The first-order valence-corrected chi connectivity index (χ1v) is 6.19. The van der Waals surface area contributed by atoms with Crippen LogP contribution in [0.5, 0.6) is 0 Å². The van der Waals surface area contributed by atoms with E-state index in [9.17, 15) is 8.78 Å². The summed E-state index contributed by atoms with van der Waals surface area (Å²) in [5, 5.41) is 3.38. The van der Waals surface area contributed by atoms with Gasteiger partial charge >= 0.3 is 0 Å². The molecule has 3 rings (SSSR count). The highest BCUT2D eigenvalue weighted by molar-refractivity contribution is 5.76. The van der Waals surface area contributed by atoms with Crippen LogP contribution in [0.3, 0.4) is 0 Å². The molecule has 0 unspecified atom stereocenters. The molecule has 1 saturated carbocycles. The Kier molecular flexibility index (Phi) is 2.78. The van der Waals surface area contributed by atoms with E-state index in [1.807, 2.05) is 0 Å². The number of aryl methyl sites for hydroxylation is 1. The normalized spacial score (nSPS) is 15.5. The van der Waals surface area contributed by atoms with Gasteiger partial charge in [-0.15, -0.1) is 0 Å². The van der Waals surface area contributed by atoms with E-state index in [1.54, 1.807) is 11.6 Å². The Morgan fingerprint density at radius 3 is 2.89 bits per heavy atom. The highest BCUT2D eigenvalue weighted by Gasteiger charge is 2.20. The molecule has 0 radical (unpaired) electrons. The van der Waals surface area contributed by atoms with Gasteiger partial charge in [-0.05, 0) is 18.9 Å². The summed E-state index contributed by atoms with van der Waals surface area (Å²) in [5.41, 5.74) is 0.759. The van der Waals surface area contributed by atoms with Crippen LogP contribution in [0.15, 0.2) is 12.1 Å². The summed E-state index contributed by atoms with van der Waals surface area (Å²) in [6, 6.07) is 2.85. The molecular weight excluding hydrogens is 236 g/mol. The number of nitrogens with zero attached hydrogens (tertiary/aromatic N) is 2. The first kappa shape index (κ1) is 11.6. The number of benzene rings is 1. The maximum atomic E-state index is 13.6. The van der Waals surface area contributed by atoms with Gasteiger partial charge in [0.2, 0.25) is 0 Å². The molecule has 18 heavy (non-hydrogen) atoms. The molecule has 1 aromatic carbocycles. The van der Waals surface area contributed by atoms with E-state index < -0.39 is 11.6 Å². The summed E-state index contributed by atoms with van der Waals surface area (Å²) in [4.78, 5) is 4.25. The van der Waals surface area contributed by atoms with E-state index in [4.69, 9.17) is 0 Å². The van der Waals surface area contributed by atoms with Crippen molar-refractivity contribution in [2.75, 3.05) is 6.54 Å². The summed E-state index contributed by atoms with van der Waals surface area (Å²) in [5.74, 6) is -0.379. The molecule has 1 aliphatic rings. The Labute approximate surface area is 104 Å². The van der Waals surface area contributed by atoms with E-state index in [0.29, 0.717) is 11.6 Å². The molecule has 1 aliphatic carbocycles. The van der Waals surface area contributed by atoms with Gasteiger partial charge in [-0.25, -0.2) is 13.8 Å². The van der Waals surface area contributed by atoms with Gasteiger partial charge < -0.3 is 9.88 Å². The lowest BCUT2D eigenvalue weighted by atomic mass is 10.3. The van der Waals surface area contributed by atoms with Gasteiger partial charge in [-0.1, -0.05) is 0 Å². The van der Waals surface area contributed by atoms with Crippen molar-refractivity contribution >= 4 is 11.0 Å². The molecule has 0 bridgehead atoms. The average molecular weight is 251 g/mol. The van der Waals surface area contributed by atoms with Gasteiger partial charge in [0.05, 0.1) is 5.52 Å². The van der Waals surface area contributed by atoms with Gasteiger partial charge in [0.15, 0.2) is 5.82 Å². The van der Waals surface area contributed by atoms with Crippen molar-refractivity contribution in [3.05, 3.63) is 29.6 Å². The first-order valence-electron chi connectivity index (χ1n) is 6.19. The second kappa shape index (κ2) is 4.31. The lowest BCUT2D eigenvalue weighted by molar-refractivity contribution is 0.590. The number of rotatable bonds is 4. The van der Waals surface area contributed by atoms with Gasteiger partial charge in [0.25, 0.3) is 0 Å². The zero-order valence-electron chi connectivity index (χ0n) is 10.2. The van der Waals surface area contributed by atoms with Crippen LogP contribution < -0.4 is 5.32 Å². The molecule has 3 nitrogen and oxygen atoms in total. The molecule has 1 heterocycles. The van der Waals surface area contributed by atoms with E-state index in [-0.39, 0.29) is 5.52 Å². The zero-order chi connectivity index (χ0) is 12.7. The van der Waals surface area contributed by atoms with E-state index >= 15 is 0 Å². The highest BCUT2D eigenvalue weighted by Crippen LogP contribution is 2.21. The van der Waals surface area contributed by atoms with Crippen LogP contribution in [0.4, 0.5) is 8.78 Å². The van der Waals surface area contributed by atoms with Crippen LogP contribution >= 0.6 is 0 Å². The second-order valence-electron chi connectivity index (χ2n) is 4.82. The lowest BCUT2D eigenvalue weighted by Crippen LogP contribution is -2.20. The molecule has 1 fully saturated rings. The average Bonchev–Trinajstić information content (AvgIpc) is 3.08. The predicted octanol–water partition coefficient (Wildman–Crippen LogP) is 2.15. The van der Waals surface area contributed by atoms with Crippen LogP contribution in [-0.4, -0.2) is 22.1 Å². The largest absolute Gasteiger partial charge is 0.331 e. The molecule has 0 atom stereocenters. The summed E-state index contributed by atoms with van der Waals surface area (Å²) >= 11 is 0. The molecule has 2 aromatic rings. The third kappa shape index (κ3) is 2.10. The number of hydrogen-bond donors (Lipinski definition) is 1. The third-order valence-electron chi connectivity index (χ3n) is 3.36. The van der Waals surface area contributed by atoms with Crippen molar-refractivity contribution in [2.24, 2.45) is 7.05 Å². The molecule has 1 N–H and O–H groups in total. The smallest absolute Gasteiger partial charge is 0.153 e. The fraction of sp³-hybridized carbons (Fsp3) is 0.462. The molecule has 96 valence electrons. The van der Waals surface area contributed by atoms with Gasteiger partial charge in [0, 0.05) is 32.1 Å². The number of aromatic nitrogens is 2. The van der Waals surface area contributed by atoms with Gasteiger partial charge in [0.1, 0.15) is 17.2 Å². The van der Waals surface area contributed by atoms with Crippen molar-refractivity contribution in [1.82, 2.24) is 14.9 Å². The highest BCUT2D eigenvalue weighted by atomic mass is 19.1. The number of imidazole rings is 1. The Morgan fingerprint density at radius 2 is 2.17 bits per heavy atom. The van der Waals surface area contributed by atoms with Crippen LogP contribution in [-0.2, 0) is 13.5 Å². The minimum Gasteiger partial charge on any atom is -0.331 e. The molecule has 0 amide bonds. The maximum absolute atomic E-state index is 13.6. The van der Waals surface area contributed by atoms with E-state index in [2.05, 4.69) is 10.3 Å². The van der Waals surface area contributed by atoms with Crippen LogP contribution in [0.25, 0.3) is 11.0 Å². The number of fused-ring (bicyclic) bond motifs is 1. The molecule has 0 aliphatic heterocycles. The Morgan fingerprint density at radius 1 is 1.39 bits per heavy atom. The van der Waals surface area contributed by atoms with E-state index in [0.717, 1.165) is 24.9 Å². The topological polar surface area (TPSA) is 29.9 Å². The standard InChI is InChI=1S/C13H15F2N3/c1-18-11-7-8(14)6-10(15)13(11)17-12(18)4-5-16-9-2-3-9/h6-7,9,16H,2-5H2,1H3. The fourth-order valence-electron chi connectivity index (χ4n) is 2.16. The van der Waals surface area contributed by atoms with Gasteiger partial charge in [-0.2, -0.15) is 0 Å². The van der Waals surface area contributed by atoms with Crippen LogP contribution in [0, 0.1) is 11.6 Å². The molecule has 0 spiro atoms. The predicted molar refractivity (Wildman–Crippen MR) is 65.4 cm³/mol. The summed E-state index contributed by atoms with van der Waals surface area (Å²) in [6.45, 7) is 0.825. The summed E-state index contributed by atoms with van der Waals surface area (Å²) < 4.78 is 28.5. The SMILES string of the molecule is Cn1c(CCNC2CC2)nc2c(F)cc(F)cc21. The monoisotopic (exact) mass is 251 g/mol. The van der Waals surface area contributed by atoms with E-state index in [1.165, 1.54) is 18.9 Å². The van der Waals surface area contributed by atoms with Crippen molar-refractivity contribution in [1.29, 1.82) is 0 Å². The number of halogens is 2. The number of nitrogens with one attached hydrogen (secondary N) is 1. The van der Waals surface area contributed by atoms with Crippen molar-refractivity contribution in [3.8, 4) is 0 Å². The molecule has 5 heteroatoms. The second-order valence-corrected chi connectivity index (χ2v) is 4.82. The third-order valence-corrected chi connectivity index (χ3v) is 3.36.